The standard InChI is InChI=1S/C9H18N2O4S2/c12-16(13)6-1-2-9(16)8-11-5-3-10-4-7-17(11,14)15/h9-10H,1-8H2. The summed E-state index contributed by atoms with van der Waals surface area (Å²) in [5, 5.41) is 2.50. The van der Waals surface area contributed by atoms with Crippen molar-refractivity contribution < 1.29 is 16.8 Å². The molecule has 8 heteroatoms. The third kappa shape index (κ3) is 2.98. The van der Waals surface area contributed by atoms with Crippen LogP contribution in [0, 0.1) is 0 Å². The average molecular weight is 282 g/mol. The summed E-state index contributed by atoms with van der Waals surface area (Å²) in [6.45, 7) is 1.53. The van der Waals surface area contributed by atoms with Gasteiger partial charge >= 0.3 is 0 Å². The van der Waals surface area contributed by atoms with Gasteiger partial charge in [-0.15, -0.1) is 0 Å². The monoisotopic (exact) mass is 282 g/mol. The van der Waals surface area contributed by atoms with Crippen LogP contribution in [0.1, 0.15) is 12.8 Å². The Hall–Kier alpha value is -0.180. The Morgan fingerprint density at radius 3 is 2.53 bits per heavy atom. The quantitative estimate of drug-likeness (QED) is 0.688. The van der Waals surface area contributed by atoms with E-state index >= 15 is 0 Å². The molecule has 0 aromatic rings. The third-order valence-corrected chi connectivity index (χ3v) is 7.43. The molecule has 2 heterocycles. The van der Waals surface area contributed by atoms with E-state index < -0.39 is 25.1 Å². The zero-order valence-corrected chi connectivity index (χ0v) is 11.3. The van der Waals surface area contributed by atoms with Crippen LogP contribution >= 0.6 is 0 Å². The van der Waals surface area contributed by atoms with Crippen LogP contribution in [0.2, 0.25) is 0 Å². The molecule has 17 heavy (non-hydrogen) atoms. The van der Waals surface area contributed by atoms with Gasteiger partial charge in [0.25, 0.3) is 0 Å². The van der Waals surface area contributed by atoms with E-state index in [9.17, 15) is 16.8 Å². The minimum atomic E-state index is -3.29. The first-order valence-corrected chi connectivity index (χ1v) is 9.14. The maximum absolute atomic E-state index is 11.9. The summed E-state index contributed by atoms with van der Waals surface area (Å²) in [6.07, 6.45) is 1.24. The molecule has 0 aromatic carbocycles. The minimum Gasteiger partial charge on any atom is -0.314 e. The Balaban J connectivity index is 2.11. The first kappa shape index (κ1) is 13.3. The van der Waals surface area contributed by atoms with Gasteiger partial charge in [-0.05, 0) is 12.8 Å². The average Bonchev–Trinajstić information content (AvgIpc) is 2.45. The molecule has 1 N–H and O–H groups in total. The van der Waals surface area contributed by atoms with Gasteiger partial charge in [-0.2, -0.15) is 4.31 Å². The summed E-state index contributed by atoms with van der Waals surface area (Å²) in [4.78, 5) is 0. The van der Waals surface area contributed by atoms with E-state index in [1.165, 1.54) is 4.31 Å². The highest BCUT2D eigenvalue weighted by Gasteiger charge is 2.36. The molecule has 100 valence electrons. The Morgan fingerprint density at radius 2 is 1.88 bits per heavy atom. The fourth-order valence-electron chi connectivity index (χ4n) is 2.29. The van der Waals surface area contributed by atoms with E-state index in [4.69, 9.17) is 0 Å². The predicted molar refractivity (Wildman–Crippen MR) is 65.0 cm³/mol. The molecule has 0 saturated carbocycles. The van der Waals surface area contributed by atoms with Crippen LogP contribution in [-0.4, -0.2) is 64.1 Å². The molecule has 2 rings (SSSR count). The van der Waals surface area contributed by atoms with Gasteiger partial charge in [0.2, 0.25) is 10.0 Å². The van der Waals surface area contributed by atoms with E-state index in [1.54, 1.807) is 0 Å². The van der Waals surface area contributed by atoms with Crippen molar-refractivity contribution in [2.24, 2.45) is 0 Å². The van der Waals surface area contributed by atoms with Crippen molar-refractivity contribution >= 4 is 19.9 Å². The number of rotatable bonds is 2. The molecule has 2 aliphatic heterocycles. The number of sulfonamides is 1. The third-order valence-electron chi connectivity index (χ3n) is 3.34. The van der Waals surface area contributed by atoms with Crippen LogP contribution < -0.4 is 5.32 Å². The highest BCUT2D eigenvalue weighted by Crippen LogP contribution is 2.22. The van der Waals surface area contributed by atoms with E-state index in [1.807, 2.05) is 0 Å². The molecule has 0 aliphatic carbocycles. The van der Waals surface area contributed by atoms with Crippen molar-refractivity contribution in [3.05, 3.63) is 0 Å². The molecular formula is C9H18N2O4S2. The van der Waals surface area contributed by atoms with Crippen LogP contribution in [0.3, 0.4) is 0 Å². The van der Waals surface area contributed by atoms with Crippen LogP contribution in [0.4, 0.5) is 0 Å². The van der Waals surface area contributed by atoms with Crippen molar-refractivity contribution in [1.82, 2.24) is 9.62 Å². The van der Waals surface area contributed by atoms with Crippen molar-refractivity contribution in [2.75, 3.05) is 37.7 Å². The van der Waals surface area contributed by atoms with Gasteiger partial charge in [-0.25, -0.2) is 16.8 Å². The molecule has 0 radical (unpaired) electrons. The van der Waals surface area contributed by atoms with Gasteiger partial charge in [0.15, 0.2) is 9.84 Å². The van der Waals surface area contributed by atoms with Crippen LogP contribution in [-0.2, 0) is 19.9 Å². The largest absolute Gasteiger partial charge is 0.314 e. The summed E-state index contributed by atoms with van der Waals surface area (Å²) in [5.41, 5.74) is 0. The molecule has 0 aromatic heterocycles. The SMILES string of the molecule is O=S1(=O)CCCC1CN1CCNCCS1(=O)=O. The zero-order chi connectivity index (χ0) is 12.5. The molecule has 0 amide bonds. The van der Waals surface area contributed by atoms with Gasteiger partial charge < -0.3 is 5.32 Å². The highest BCUT2D eigenvalue weighted by molar-refractivity contribution is 7.92. The molecule has 0 bridgehead atoms. The maximum atomic E-state index is 11.9. The number of hydrogen-bond donors (Lipinski definition) is 1. The van der Waals surface area contributed by atoms with Gasteiger partial charge in [0, 0.05) is 26.2 Å². The molecule has 2 saturated heterocycles. The van der Waals surface area contributed by atoms with Gasteiger partial charge in [-0.3, -0.25) is 0 Å². The number of nitrogens with one attached hydrogen (secondary N) is 1. The fourth-order valence-corrected chi connectivity index (χ4v) is 5.66. The smallest absolute Gasteiger partial charge is 0.215 e. The normalized spacial score (nSPS) is 33.3. The Morgan fingerprint density at radius 1 is 1.12 bits per heavy atom. The first-order chi connectivity index (χ1) is 7.92. The lowest BCUT2D eigenvalue weighted by Crippen LogP contribution is -2.40. The lowest BCUT2D eigenvalue weighted by molar-refractivity contribution is 0.411. The maximum Gasteiger partial charge on any atom is 0.215 e. The second kappa shape index (κ2) is 4.83. The van der Waals surface area contributed by atoms with Gasteiger partial charge in [-0.1, -0.05) is 0 Å². The Kier molecular flexibility index (Phi) is 3.77. The van der Waals surface area contributed by atoms with E-state index in [-0.39, 0.29) is 18.1 Å². The summed E-state index contributed by atoms with van der Waals surface area (Å²) >= 11 is 0. The van der Waals surface area contributed by atoms with Gasteiger partial charge in [0.1, 0.15) is 0 Å². The Bertz CT molecular complexity index is 471. The van der Waals surface area contributed by atoms with Crippen LogP contribution in [0.5, 0.6) is 0 Å². The van der Waals surface area contributed by atoms with Crippen molar-refractivity contribution in [1.29, 1.82) is 0 Å². The molecule has 1 unspecified atom stereocenters. The van der Waals surface area contributed by atoms with E-state index in [2.05, 4.69) is 5.32 Å². The Labute approximate surface area is 102 Å². The predicted octanol–water partition coefficient (Wildman–Crippen LogP) is -1.20. The first-order valence-electron chi connectivity index (χ1n) is 5.82. The van der Waals surface area contributed by atoms with E-state index in [0.717, 1.165) is 0 Å². The van der Waals surface area contributed by atoms with Crippen molar-refractivity contribution in [2.45, 2.75) is 18.1 Å². The topological polar surface area (TPSA) is 83.6 Å². The lowest BCUT2D eigenvalue weighted by Gasteiger charge is -2.22. The number of sulfone groups is 1. The molecule has 2 fully saturated rings. The number of hydrogen-bond acceptors (Lipinski definition) is 5. The second-order valence-corrected chi connectivity index (χ2v) is 9.04. The van der Waals surface area contributed by atoms with E-state index in [0.29, 0.717) is 32.5 Å². The van der Waals surface area contributed by atoms with Gasteiger partial charge in [0.05, 0.1) is 16.8 Å². The summed E-state index contributed by atoms with van der Waals surface area (Å²) in [6, 6.07) is 0. The minimum absolute atomic E-state index is 0.0553. The fraction of sp³-hybridized carbons (Fsp3) is 1.00. The number of nitrogens with zero attached hydrogens (tertiary/aromatic N) is 1. The van der Waals surface area contributed by atoms with Crippen molar-refractivity contribution in [3.63, 3.8) is 0 Å². The second-order valence-electron chi connectivity index (χ2n) is 4.56. The summed E-state index contributed by atoms with van der Waals surface area (Å²) in [7, 11) is -6.37. The van der Waals surface area contributed by atoms with Crippen molar-refractivity contribution in [3.8, 4) is 0 Å². The highest BCUT2D eigenvalue weighted by atomic mass is 32.2. The molecule has 6 nitrogen and oxygen atoms in total. The summed E-state index contributed by atoms with van der Waals surface area (Å²) in [5.74, 6) is 0.254. The zero-order valence-electron chi connectivity index (χ0n) is 9.63. The molecule has 0 spiro atoms. The van der Waals surface area contributed by atoms with Crippen LogP contribution in [0.25, 0.3) is 0 Å². The molecule has 1 atom stereocenters. The van der Waals surface area contributed by atoms with Crippen LogP contribution in [0.15, 0.2) is 0 Å². The lowest BCUT2D eigenvalue weighted by atomic mass is 10.2. The summed E-state index contributed by atoms with van der Waals surface area (Å²) < 4.78 is 48.5. The molecular weight excluding hydrogens is 264 g/mol. The molecule has 2 aliphatic rings.